The van der Waals surface area contributed by atoms with Crippen LogP contribution >= 0.6 is 0 Å². The van der Waals surface area contributed by atoms with Crippen molar-refractivity contribution in [1.29, 1.82) is 0 Å². The molecule has 8 aromatic carbocycles. The number of benzene rings is 8. The summed E-state index contributed by atoms with van der Waals surface area (Å²) in [5.74, 6) is 2.47. The van der Waals surface area contributed by atoms with E-state index in [1.807, 2.05) is 91.0 Å². The number of nitrogens with zero attached hydrogens (tertiary/aromatic N) is 6. The fraction of sp³-hybridized carbons (Fsp3) is 0.0189. The minimum absolute atomic E-state index is 0.421. The molecule has 0 saturated carbocycles. The molecule has 0 amide bonds. The molecule has 0 saturated heterocycles. The zero-order valence-electron chi connectivity index (χ0n) is 32.5. The van der Waals surface area contributed by atoms with Gasteiger partial charge in [-0.2, -0.15) is 9.97 Å². The third-order valence-electron chi connectivity index (χ3n) is 11.2. The standard InChI is InChI=1S/C53H36N6O/c1-54-45-25-15-24-40(50(45)60-34-35-16-5-2-6-17-35)36-28-30-39(31-29-36)58-46-26-13-11-22-41(46)43-32-33-44-42-23-12-14-27-47(42)59(49(44)48(43)58)53-56-51(37-18-7-3-8-19-37)55-52(57-53)38-20-9-4-10-21-38/h2-33H,1,34H2. The first-order valence-corrected chi connectivity index (χ1v) is 19.9. The van der Waals surface area contributed by atoms with Gasteiger partial charge < -0.3 is 9.30 Å². The number of ether oxygens (including phenoxy) is 1. The lowest BCUT2D eigenvalue weighted by Crippen LogP contribution is -2.07. The highest BCUT2D eigenvalue weighted by Crippen LogP contribution is 2.43. The minimum atomic E-state index is 0.421. The largest absolute Gasteiger partial charge is 0.486 e. The molecule has 60 heavy (non-hydrogen) atoms. The summed E-state index contributed by atoms with van der Waals surface area (Å²) in [4.78, 5) is 19.8. The summed E-state index contributed by atoms with van der Waals surface area (Å²) in [6, 6.07) is 66.7. The first kappa shape index (κ1) is 35.0. The molecule has 7 heteroatoms. The van der Waals surface area contributed by atoms with Gasteiger partial charge in [-0.05, 0) is 48.2 Å². The topological polar surface area (TPSA) is 70.1 Å². The Kier molecular flexibility index (Phi) is 8.56. The second-order valence-corrected chi connectivity index (χ2v) is 14.7. The zero-order chi connectivity index (χ0) is 40.0. The van der Waals surface area contributed by atoms with Gasteiger partial charge in [0.2, 0.25) is 5.95 Å². The van der Waals surface area contributed by atoms with Crippen molar-refractivity contribution in [1.82, 2.24) is 24.1 Å². The fourth-order valence-electron chi connectivity index (χ4n) is 8.42. The smallest absolute Gasteiger partial charge is 0.238 e. The molecule has 0 aliphatic heterocycles. The molecule has 3 heterocycles. The van der Waals surface area contributed by atoms with E-state index in [4.69, 9.17) is 19.7 Å². The number of para-hydroxylation sites is 3. The highest BCUT2D eigenvalue weighted by atomic mass is 16.5. The second-order valence-electron chi connectivity index (χ2n) is 14.7. The van der Waals surface area contributed by atoms with Crippen molar-refractivity contribution in [2.45, 2.75) is 6.61 Å². The Morgan fingerprint density at radius 1 is 0.450 bits per heavy atom. The predicted octanol–water partition coefficient (Wildman–Crippen LogP) is 13.0. The van der Waals surface area contributed by atoms with Crippen LogP contribution in [0.25, 0.3) is 89.2 Å². The van der Waals surface area contributed by atoms with Crippen molar-refractivity contribution in [3.05, 3.63) is 200 Å². The summed E-state index contributed by atoms with van der Waals surface area (Å²) in [5, 5.41) is 4.51. The van der Waals surface area contributed by atoms with E-state index in [1.54, 1.807) is 0 Å². The molecule has 0 fully saturated rings. The van der Waals surface area contributed by atoms with Gasteiger partial charge in [0.15, 0.2) is 17.4 Å². The van der Waals surface area contributed by atoms with Crippen LogP contribution in [0.1, 0.15) is 5.56 Å². The molecular formula is C53H36N6O. The van der Waals surface area contributed by atoms with Crippen LogP contribution in [0.2, 0.25) is 0 Å². The third kappa shape index (κ3) is 5.91. The Morgan fingerprint density at radius 3 is 1.58 bits per heavy atom. The molecule has 0 unspecified atom stereocenters. The average Bonchev–Trinajstić information content (AvgIpc) is 3.85. The van der Waals surface area contributed by atoms with E-state index in [2.05, 4.69) is 124 Å². The quantitative estimate of drug-likeness (QED) is 0.137. The lowest BCUT2D eigenvalue weighted by atomic mass is 10.0. The molecule has 284 valence electrons. The molecular weight excluding hydrogens is 737 g/mol. The van der Waals surface area contributed by atoms with Gasteiger partial charge in [0, 0.05) is 43.9 Å². The van der Waals surface area contributed by atoms with Crippen LogP contribution in [0.3, 0.4) is 0 Å². The summed E-state index contributed by atoms with van der Waals surface area (Å²) in [6.07, 6.45) is 0. The molecule has 7 nitrogen and oxygen atoms in total. The van der Waals surface area contributed by atoms with E-state index in [1.165, 1.54) is 0 Å². The Hall–Kier alpha value is -8.16. The van der Waals surface area contributed by atoms with E-state index in [0.29, 0.717) is 35.6 Å². The maximum absolute atomic E-state index is 6.46. The van der Waals surface area contributed by atoms with E-state index in [-0.39, 0.29) is 0 Å². The molecule has 0 radical (unpaired) electrons. The van der Waals surface area contributed by atoms with Crippen LogP contribution in [0, 0.1) is 0 Å². The van der Waals surface area contributed by atoms with Crippen LogP contribution in [0.4, 0.5) is 5.69 Å². The molecule has 0 bridgehead atoms. The molecule has 0 atom stereocenters. The average molecular weight is 773 g/mol. The summed E-state index contributed by atoms with van der Waals surface area (Å²) in [5.41, 5.74) is 10.8. The molecule has 3 aromatic heterocycles. The normalized spacial score (nSPS) is 11.5. The number of aliphatic imine (C=N–C) groups is 1. The zero-order valence-corrected chi connectivity index (χ0v) is 32.5. The number of rotatable bonds is 9. The van der Waals surface area contributed by atoms with Crippen molar-refractivity contribution >= 4 is 56.0 Å². The minimum Gasteiger partial charge on any atom is -0.486 e. The van der Waals surface area contributed by atoms with Gasteiger partial charge in [-0.1, -0.05) is 164 Å². The van der Waals surface area contributed by atoms with Crippen molar-refractivity contribution < 1.29 is 4.74 Å². The summed E-state index contributed by atoms with van der Waals surface area (Å²) < 4.78 is 11.1. The van der Waals surface area contributed by atoms with Gasteiger partial charge in [-0.3, -0.25) is 9.56 Å². The predicted molar refractivity (Wildman–Crippen MR) is 245 cm³/mol. The van der Waals surface area contributed by atoms with E-state index >= 15 is 0 Å². The number of hydrogen-bond acceptors (Lipinski definition) is 5. The summed E-state index contributed by atoms with van der Waals surface area (Å²) >= 11 is 0. The highest BCUT2D eigenvalue weighted by molar-refractivity contribution is 6.23. The van der Waals surface area contributed by atoms with E-state index < -0.39 is 0 Å². The first-order valence-electron chi connectivity index (χ1n) is 19.9. The third-order valence-corrected chi connectivity index (χ3v) is 11.2. The van der Waals surface area contributed by atoms with Gasteiger partial charge in [0.05, 0.1) is 22.1 Å². The number of fused-ring (bicyclic) bond motifs is 7. The molecule has 0 spiro atoms. The molecule has 0 aliphatic rings. The van der Waals surface area contributed by atoms with Crippen molar-refractivity contribution in [3.63, 3.8) is 0 Å². The van der Waals surface area contributed by atoms with Gasteiger partial charge >= 0.3 is 0 Å². The molecule has 11 rings (SSSR count). The van der Waals surface area contributed by atoms with Crippen LogP contribution < -0.4 is 4.74 Å². The Bertz CT molecular complexity index is 3320. The highest BCUT2D eigenvalue weighted by Gasteiger charge is 2.23. The Morgan fingerprint density at radius 2 is 0.983 bits per heavy atom. The monoisotopic (exact) mass is 772 g/mol. The Labute approximate surface area is 346 Å². The SMILES string of the molecule is C=Nc1cccc(-c2ccc(-n3c4ccccc4c4ccc5c6ccccc6n(-c6nc(-c7ccccc7)nc(-c7ccccc7)n6)c5c43)cc2)c1OCc1ccccc1. The van der Waals surface area contributed by atoms with Gasteiger partial charge in [-0.25, -0.2) is 4.98 Å². The Balaban J connectivity index is 1.15. The first-order chi connectivity index (χ1) is 29.7. The number of hydrogen-bond donors (Lipinski definition) is 0. The lowest BCUT2D eigenvalue weighted by molar-refractivity contribution is 0.309. The molecule has 0 aliphatic carbocycles. The van der Waals surface area contributed by atoms with E-state index in [9.17, 15) is 0 Å². The summed E-state index contributed by atoms with van der Waals surface area (Å²) in [6.45, 7) is 4.27. The summed E-state index contributed by atoms with van der Waals surface area (Å²) in [7, 11) is 0. The van der Waals surface area contributed by atoms with Crippen molar-refractivity contribution in [2.24, 2.45) is 4.99 Å². The van der Waals surface area contributed by atoms with Crippen molar-refractivity contribution in [2.75, 3.05) is 0 Å². The van der Waals surface area contributed by atoms with Crippen LogP contribution in [-0.2, 0) is 6.61 Å². The van der Waals surface area contributed by atoms with Gasteiger partial charge in [0.25, 0.3) is 0 Å². The van der Waals surface area contributed by atoms with Gasteiger partial charge in [0.1, 0.15) is 12.3 Å². The van der Waals surface area contributed by atoms with Crippen LogP contribution in [0.5, 0.6) is 5.75 Å². The molecule has 11 aromatic rings. The number of aromatic nitrogens is 5. The van der Waals surface area contributed by atoms with Gasteiger partial charge in [-0.15, -0.1) is 0 Å². The maximum Gasteiger partial charge on any atom is 0.238 e. The maximum atomic E-state index is 6.46. The molecule has 0 N–H and O–H groups in total. The lowest BCUT2D eigenvalue weighted by Gasteiger charge is -2.16. The van der Waals surface area contributed by atoms with Crippen LogP contribution in [0.15, 0.2) is 199 Å². The van der Waals surface area contributed by atoms with Crippen molar-refractivity contribution in [3.8, 4) is 51.3 Å². The fourth-order valence-corrected chi connectivity index (χ4v) is 8.42. The van der Waals surface area contributed by atoms with Crippen LogP contribution in [-0.4, -0.2) is 30.8 Å². The van der Waals surface area contributed by atoms with E-state index in [0.717, 1.165) is 77.1 Å². The second kappa shape index (κ2) is 14.7.